The van der Waals surface area contributed by atoms with Crippen LogP contribution in [0.3, 0.4) is 0 Å². The van der Waals surface area contributed by atoms with Gasteiger partial charge in [-0.05, 0) is 24.1 Å². The van der Waals surface area contributed by atoms with Gasteiger partial charge in [0.15, 0.2) is 0 Å². The topological polar surface area (TPSA) is 66.4 Å². The molecule has 21 heavy (non-hydrogen) atoms. The van der Waals surface area contributed by atoms with Crippen molar-refractivity contribution in [3.63, 3.8) is 0 Å². The molecular weight excluding hydrogens is 287 g/mol. The van der Waals surface area contributed by atoms with Crippen molar-refractivity contribution in [2.45, 2.75) is 38.4 Å². The minimum atomic E-state index is -4.42. The van der Waals surface area contributed by atoms with E-state index in [4.69, 9.17) is 5.11 Å². The molecule has 1 aromatic rings. The Morgan fingerprint density at radius 3 is 2.24 bits per heavy atom. The van der Waals surface area contributed by atoms with Crippen molar-refractivity contribution in [3.05, 3.63) is 35.4 Å². The summed E-state index contributed by atoms with van der Waals surface area (Å²) in [5, 5.41) is 11.3. The maximum atomic E-state index is 12.4. The summed E-state index contributed by atoms with van der Waals surface area (Å²) in [7, 11) is 0. The summed E-state index contributed by atoms with van der Waals surface area (Å²) < 4.78 is 37.1. The fourth-order valence-electron chi connectivity index (χ4n) is 1.79. The summed E-state index contributed by atoms with van der Waals surface area (Å²) in [5.41, 5.74) is -0.401. The standard InChI is InChI=1S/C14H16F3NO3/c1-2-3-11(13(20)21)18-12(19)8-9-4-6-10(7-5-9)14(15,16)17/h4-7,11H,2-3,8H2,1H3,(H,18,19)(H,20,21)/t11-/m0/s1. The van der Waals surface area contributed by atoms with Gasteiger partial charge >= 0.3 is 12.1 Å². The maximum absolute atomic E-state index is 12.4. The summed E-state index contributed by atoms with van der Waals surface area (Å²) in [6.45, 7) is 1.79. The normalized spacial score (nSPS) is 12.8. The third kappa shape index (κ3) is 5.45. The number of hydrogen-bond donors (Lipinski definition) is 2. The lowest BCUT2D eigenvalue weighted by molar-refractivity contribution is -0.142. The molecule has 116 valence electrons. The van der Waals surface area contributed by atoms with Crippen LogP contribution in [0.4, 0.5) is 13.2 Å². The summed E-state index contributed by atoms with van der Waals surface area (Å²) in [4.78, 5) is 22.6. The van der Waals surface area contributed by atoms with Crippen LogP contribution in [0.15, 0.2) is 24.3 Å². The number of carbonyl (C=O) groups is 2. The molecule has 0 saturated heterocycles. The number of benzene rings is 1. The monoisotopic (exact) mass is 303 g/mol. The second kappa shape index (κ2) is 7.10. The molecule has 0 saturated carbocycles. The molecular formula is C14H16F3NO3. The Balaban J connectivity index is 2.64. The molecule has 1 atom stereocenters. The van der Waals surface area contributed by atoms with Crippen molar-refractivity contribution in [3.8, 4) is 0 Å². The Morgan fingerprint density at radius 2 is 1.81 bits per heavy atom. The molecule has 0 aliphatic heterocycles. The second-order valence-corrected chi connectivity index (χ2v) is 4.62. The van der Waals surface area contributed by atoms with Gasteiger partial charge in [0.2, 0.25) is 5.91 Å². The van der Waals surface area contributed by atoms with E-state index in [1.165, 1.54) is 12.1 Å². The van der Waals surface area contributed by atoms with Crippen molar-refractivity contribution < 1.29 is 27.9 Å². The van der Waals surface area contributed by atoms with E-state index in [0.29, 0.717) is 18.4 Å². The summed E-state index contributed by atoms with van der Waals surface area (Å²) in [6, 6.07) is 3.22. The van der Waals surface area contributed by atoms with Crippen molar-refractivity contribution in [1.29, 1.82) is 0 Å². The third-order valence-electron chi connectivity index (χ3n) is 2.86. The molecule has 0 aliphatic carbocycles. The number of halogens is 3. The Bertz CT molecular complexity index is 497. The van der Waals surface area contributed by atoms with E-state index in [9.17, 15) is 22.8 Å². The van der Waals surface area contributed by atoms with Gasteiger partial charge in [-0.25, -0.2) is 4.79 Å². The van der Waals surface area contributed by atoms with Crippen molar-refractivity contribution in [1.82, 2.24) is 5.32 Å². The highest BCUT2D eigenvalue weighted by atomic mass is 19.4. The molecule has 0 bridgehead atoms. The van der Waals surface area contributed by atoms with Crippen LogP contribution in [-0.4, -0.2) is 23.0 Å². The Kier molecular flexibility index (Phi) is 5.75. The second-order valence-electron chi connectivity index (χ2n) is 4.62. The molecule has 7 heteroatoms. The van der Waals surface area contributed by atoms with Gasteiger partial charge in [0.25, 0.3) is 0 Å². The van der Waals surface area contributed by atoms with E-state index in [0.717, 1.165) is 12.1 Å². The molecule has 0 aromatic heterocycles. The molecule has 1 aromatic carbocycles. The van der Waals surface area contributed by atoms with Gasteiger partial charge < -0.3 is 10.4 Å². The fraction of sp³-hybridized carbons (Fsp3) is 0.429. The van der Waals surface area contributed by atoms with Gasteiger partial charge in [0.1, 0.15) is 6.04 Å². The van der Waals surface area contributed by atoms with Crippen LogP contribution < -0.4 is 5.32 Å². The SMILES string of the molecule is CCC[C@H](NC(=O)Cc1ccc(C(F)(F)F)cc1)C(=O)O. The minimum absolute atomic E-state index is 0.161. The van der Waals surface area contributed by atoms with Gasteiger partial charge in [-0.15, -0.1) is 0 Å². The van der Waals surface area contributed by atoms with Crippen molar-refractivity contribution in [2.75, 3.05) is 0 Å². The first kappa shape index (κ1) is 17.0. The van der Waals surface area contributed by atoms with Crippen LogP contribution in [0.5, 0.6) is 0 Å². The van der Waals surface area contributed by atoms with Gasteiger partial charge in [-0.3, -0.25) is 4.79 Å². The summed E-state index contributed by atoms with van der Waals surface area (Å²) in [5.74, 6) is -1.66. The molecule has 1 amide bonds. The average Bonchev–Trinajstić information content (AvgIpc) is 2.37. The van der Waals surface area contributed by atoms with E-state index in [-0.39, 0.29) is 6.42 Å². The lowest BCUT2D eigenvalue weighted by atomic mass is 10.1. The van der Waals surface area contributed by atoms with E-state index in [1.54, 1.807) is 6.92 Å². The highest BCUT2D eigenvalue weighted by Crippen LogP contribution is 2.29. The quantitative estimate of drug-likeness (QED) is 0.849. The number of carbonyl (C=O) groups excluding carboxylic acids is 1. The van der Waals surface area contributed by atoms with Crippen molar-refractivity contribution in [2.24, 2.45) is 0 Å². The number of nitrogens with one attached hydrogen (secondary N) is 1. The summed E-state index contributed by atoms with van der Waals surface area (Å²) >= 11 is 0. The predicted octanol–water partition coefficient (Wildman–Crippen LogP) is 2.62. The van der Waals surface area contributed by atoms with E-state index >= 15 is 0 Å². The fourth-order valence-corrected chi connectivity index (χ4v) is 1.79. The van der Waals surface area contributed by atoms with Crippen LogP contribution in [0.25, 0.3) is 0 Å². The van der Waals surface area contributed by atoms with Gasteiger partial charge in [-0.1, -0.05) is 25.5 Å². The number of aliphatic carboxylic acids is 1. The largest absolute Gasteiger partial charge is 0.480 e. The van der Waals surface area contributed by atoms with Crippen LogP contribution in [-0.2, 0) is 22.2 Å². The zero-order valence-electron chi connectivity index (χ0n) is 11.4. The highest BCUT2D eigenvalue weighted by Gasteiger charge is 2.30. The van der Waals surface area contributed by atoms with Crippen LogP contribution in [0.1, 0.15) is 30.9 Å². The average molecular weight is 303 g/mol. The number of hydrogen-bond acceptors (Lipinski definition) is 2. The van der Waals surface area contributed by atoms with Gasteiger partial charge in [0.05, 0.1) is 12.0 Å². The lowest BCUT2D eigenvalue weighted by Gasteiger charge is -2.13. The predicted molar refractivity (Wildman–Crippen MR) is 69.6 cm³/mol. The number of carboxylic acid groups (broad SMARTS) is 1. The molecule has 0 aliphatic rings. The zero-order chi connectivity index (χ0) is 16.0. The van der Waals surface area contributed by atoms with Crippen LogP contribution >= 0.6 is 0 Å². The van der Waals surface area contributed by atoms with Gasteiger partial charge in [0, 0.05) is 0 Å². The molecule has 0 fully saturated rings. The molecule has 0 radical (unpaired) electrons. The first-order valence-electron chi connectivity index (χ1n) is 6.42. The number of carboxylic acids is 1. The van der Waals surface area contributed by atoms with E-state index in [1.807, 2.05) is 0 Å². The van der Waals surface area contributed by atoms with Crippen LogP contribution in [0, 0.1) is 0 Å². The molecule has 4 nitrogen and oxygen atoms in total. The Morgan fingerprint density at radius 1 is 1.24 bits per heavy atom. The third-order valence-corrected chi connectivity index (χ3v) is 2.86. The molecule has 0 heterocycles. The first-order valence-corrected chi connectivity index (χ1v) is 6.42. The Hall–Kier alpha value is -2.05. The Labute approximate surface area is 120 Å². The lowest BCUT2D eigenvalue weighted by Crippen LogP contribution is -2.41. The first-order chi connectivity index (χ1) is 9.74. The molecule has 2 N–H and O–H groups in total. The van der Waals surface area contributed by atoms with E-state index in [2.05, 4.69) is 5.32 Å². The number of alkyl halides is 3. The molecule has 0 spiro atoms. The smallest absolute Gasteiger partial charge is 0.416 e. The minimum Gasteiger partial charge on any atom is -0.480 e. The number of rotatable bonds is 6. The van der Waals surface area contributed by atoms with E-state index < -0.39 is 29.7 Å². The van der Waals surface area contributed by atoms with Gasteiger partial charge in [-0.2, -0.15) is 13.2 Å². The zero-order valence-corrected chi connectivity index (χ0v) is 11.4. The maximum Gasteiger partial charge on any atom is 0.416 e. The molecule has 1 rings (SSSR count). The molecule has 0 unspecified atom stereocenters. The van der Waals surface area contributed by atoms with Crippen molar-refractivity contribution >= 4 is 11.9 Å². The summed E-state index contributed by atoms with van der Waals surface area (Å²) in [6.07, 6.45) is -3.69. The van der Waals surface area contributed by atoms with Crippen LogP contribution in [0.2, 0.25) is 0 Å². The number of amides is 1. The highest BCUT2D eigenvalue weighted by molar-refractivity contribution is 5.84.